The zero-order valence-electron chi connectivity index (χ0n) is 15.8. The number of carbonyl (C=O) groups excluding carboxylic acids is 1. The highest BCUT2D eigenvalue weighted by Crippen LogP contribution is 2.23. The predicted octanol–water partition coefficient (Wildman–Crippen LogP) is 4.76. The largest absolute Gasteiger partial charge is 0.326 e. The smallest absolute Gasteiger partial charge is 0.261 e. The minimum atomic E-state index is -3.87. The van der Waals surface area contributed by atoms with E-state index in [1.54, 1.807) is 0 Å². The van der Waals surface area contributed by atoms with E-state index in [1.165, 1.54) is 42.5 Å². The highest BCUT2D eigenvalue weighted by atomic mass is 32.2. The highest BCUT2D eigenvalue weighted by molar-refractivity contribution is 7.92. The fourth-order valence-corrected chi connectivity index (χ4v) is 4.02. The summed E-state index contributed by atoms with van der Waals surface area (Å²) in [5, 5.41) is 2.82. The van der Waals surface area contributed by atoms with Crippen LogP contribution in [0.25, 0.3) is 0 Å². The monoisotopic (exact) mass is 412 g/mol. The molecule has 0 spiro atoms. The molecule has 7 heteroatoms. The Morgan fingerprint density at radius 2 is 1.62 bits per heavy atom. The molecule has 0 aliphatic heterocycles. The Kier molecular flexibility index (Phi) is 6.29. The maximum atomic E-state index is 13.3. The fraction of sp³-hybridized carbons (Fsp3) is 0.136. The third-order valence-corrected chi connectivity index (χ3v) is 5.83. The summed E-state index contributed by atoms with van der Waals surface area (Å²) >= 11 is 0. The van der Waals surface area contributed by atoms with Crippen molar-refractivity contribution in [3.63, 3.8) is 0 Å². The normalized spacial score (nSPS) is 12.2. The molecule has 0 aromatic heterocycles. The molecule has 0 aliphatic carbocycles. The first-order valence-electron chi connectivity index (χ1n) is 9.13. The van der Waals surface area contributed by atoms with Gasteiger partial charge in [0.05, 0.1) is 16.5 Å². The van der Waals surface area contributed by atoms with E-state index in [9.17, 15) is 17.6 Å². The molecular weight excluding hydrogens is 391 g/mol. The topological polar surface area (TPSA) is 75.3 Å². The molecule has 0 radical (unpaired) electrons. The minimum Gasteiger partial charge on any atom is -0.326 e. The molecule has 0 aliphatic rings. The van der Waals surface area contributed by atoms with Crippen LogP contribution in [0, 0.1) is 5.82 Å². The Labute approximate surface area is 169 Å². The number of hydrogen-bond donors (Lipinski definition) is 2. The van der Waals surface area contributed by atoms with Crippen LogP contribution in [-0.2, 0) is 14.8 Å². The first-order chi connectivity index (χ1) is 13.9. The third-order valence-electron chi connectivity index (χ3n) is 4.44. The van der Waals surface area contributed by atoms with E-state index in [4.69, 9.17) is 0 Å². The number of rotatable bonds is 7. The van der Waals surface area contributed by atoms with Gasteiger partial charge in [0.2, 0.25) is 5.91 Å². The number of benzene rings is 3. The van der Waals surface area contributed by atoms with Crippen molar-refractivity contribution >= 4 is 27.3 Å². The van der Waals surface area contributed by atoms with Gasteiger partial charge in [0, 0.05) is 5.69 Å². The summed E-state index contributed by atoms with van der Waals surface area (Å²) < 4.78 is 40.5. The maximum Gasteiger partial charge on any atom is 0.261 e. The van der Waals surface area contributed by atoms with Gasteiger partial charge in [-0.2, -0.15) is 0 Å². The van der Waals surface area contributed by atoms with Crippen LogP contribution >= 0.6 is 0 Å². The van der Waals surface area contributed by atoms with E-state index in [0.29, 0.717) is 12.1 Å². The Morgan fingerprint density at radius 1 is 0.931 bits per heavy atom. The molecule has 0 saturated carbocycles. The van der Waals surface area contributed by atoms with Crippen LogP contribution < -0.4 is 10.0 Å². The molecular formula is C22H21FN2O3S. The molecule has 0 bridgehead atoms. The molecule has 1 atom stereocenters. The standard InChI is InChI=1S/C22H21FN2O3S/c1-2-21(16-7-4-3-5-8-16)22(26)24-18-11-13-20(14-12-18)29(27,28)25-19-10-6-9-17(23)15-19/h3-15,21,25H,2H2,1H3,(H,24,26). The number of hydrogen-bond acceptors (Lipinski definition) is 3. The van der Waals surface area contributed by atoms with Gasteiger partial charge < -0.3 is 5.32 Å². The van der Waals surface area contributed by atoms with Gasteiger partial charge in [-0.3, -0.25) is 9.52 Å². The van der Waals surface area contributed by atoms with Gasteiger partial charge in [-0.25, -0.2) is 12.8 Å². The van der Waals surface area contributed by atoms with Crippen molar-refractivity contribution in [2.75, 3.05) is 10.0 Å². The van der Waals surface area contributed by atoms with Crippen LogP contribution in [0.2, 0.25) is 0 Å². The van der Waals surface area contributed by atoms with Crippen LogP contribution in [0.1, 0.15) is 24.8 Å². The van der Waals surface area contributed by atoms with Crippen LogP contribution in [0.15, 0.2) is 83.8 Å². The van der Waals surface area contributed by atoms with Crippen molar-refractivity contribution in [3.8, 4) is 0 Å². The third kappa shape index (κ3) is 5.20. The molecule has 0 saturated heterocycles. The molecule has 0 heterocycles. The Bertz CT molecular complexity index is 1080. The predicted molar refractivity (Wildman–Crippen MR) is 112 cm³/mol. The lowest BCUT2D eigenvalue weighted by Crippen LogP contribution is -2.20. The molecule has 3 rings (SSSR count). The highest BCUT2D eigenvalue weighted by Gasteiger charge is 2.19. The van der Waals surface area contributed by atoms with Crippen LogP contribution in [-0.4, -0.2) is 14.3 Å². The molecule has 29 heavy (non-hydrogen) atoms. The van der Waals surface area contributed by atoms with E-state index in [1.807, 2.05) is 37.3 Å². The van der Waals surface area contributed by atoms with Gasteiger partial charge in [-0.15, -0.1) is 0 Å². The molecule has 3 aromatic carbocycles. The van der Waals surface area contributed by atoms with E-state index in [2.05, 4.69) is 10.0 Å². The Morgan fingerprint density at radius 3 is 2.24 bits per heavy atom. The summed E-state index contributed by atoms with van der Waals surface area (Å²) in [4.78, 5) is 12.6. The first kappa shape index (κ1) is 20.5. The molecule has 0 fully saturated rings. The zero-order valence-corrected chi connectivity index (χ0v) is 16.6. The molecule has 150 valence electrons. The summed E-state index contributed by atoms with van der Waals surface area (Å²) in [5.74, 6) is -0.992. The van der Waals surface area contributed by atoms with Gasteiger partial charge in [-0.1, -0.05) is 43.3 Å². The van der Waals surface area contributed by atoms with Gasteiger partial charge >= 0.3 is 0 Å². The molecule has 1 amide bonds. The zero-order chi connectivity index (χ0) is 20.9. The summed E-state index contributed by atoms with van der Waals surface area (Å²) in [6, 6.07) is 20.5. The Hall–Kier alpha value is -3.19. The number of halogens is 1. The van der Waals surface area contributed by atoms with Crippen molar-refractivity contribution in [3.05, 3.63) is 90.2 Å². The average molecular weight is 412 g/mol. The summed E-state index contributed by atoms with van der Waals surface area (Å²) in [6.45, 7) is 1.94. The van der Waals surface area contributed by atoms with Crippen molar-refractivity contribution < 1.29 is 17.6 Å². The first-order valence-corrected chi connectivity index (χ1v) is 10.6. The summed E-state index contributed by atoms with van der Waals surface area (Å²) in [7, 11) is -3.87. The van der Waals surface area contributed by atoms with E-state index >= 15 is 0 Å². The second-order valence-electron chi connectivity index (χ2n) is 6.50. The number of nitrogens with one attached hydrogen (secondary N) is 2. The molecule has 2 N–H and O–H groups in total. The lowest BCUT2D eigenvalue weighted by molar-refractivity contribution is -0.117. The minimum absolute atomic E-state index is 0.00913. The van der Waals surface area contributed by atoms with Crippen molar-refractivity contribution in [1.29, 1.82) is 0 Å². The van der Waals surface area contributed by atoms with Crippen molar-refractivity contribution in [2.24, 2.45) is 0 Å². The summed E-state index contributed by atoms with van der Waals surface area (Å²) in [5.41, 5.74) is 1.55. The number of carbonyl (C=O) groups is 1. The molecule has 5 nitrogen and oxygen atoms in total. The van der Waals surface area contributed by atoms with Crippen molar-refractivity contribution in [2.45, 2.75) is 24.2 Å². The lowest BCUT2D eigenvalue weighted by atomic mass is 9.95. The van der Waals surface area contributed by atoms with Crippen LogP contribution in [0.3, 0.4) is 0 Å². The average Bonchev–Trinajstić information content (AvgIpc) is 2.69. The van der Waals surface area contributed by atoms with Gasteiger partial charge in [0.1, 0.15) is 5.82 Å². The number of anilines is 2. The lowest BCUT2D eigenvalue weighted by Gasteiger charge is -2.15. The molecule has 1 unspecified atom stereocenters. The molecule has 3 aromatic rings. The maximum absolute atomic E-state index is 13.3. The van der Waals surface area contributed by atoms with Crippen LogP contribution in [0.4, 0.5) is 15.8 Å². The van der Waals surface area contributed by atoms with E-state index < -0.39 is 15.8 Å². The quantitative estimate of drug-likeness (QED) is 0.588. The SMILES string of the molecule is CCC(C(=O)Nc1ccc(S(=O)(=O)Nc2cccc(F)c2)cc1)c1ccccc1. The second kappa shape index (κ2) is 8.87. The van der Waals surface area contributed by atoms with Gasteiger partial charge in [0.25, 0.3) is 10.0 Å². The second-order valence-corrected chi connectivity index (χ2v) is 8.18. The van der Waals surface area contributed by atoms with Crippen molar-refractivity contribution in [1.82, 2.24) is 0 Å². The fourth-order valence-electron chi connectivity index (χ4n) is 2.97. The van der Waals surface area contributed by atoms with E-state index in [0.717, 1.165) is 11.6 Å². The van der Waals surface area contributed by atoms with Crippen LogP contribution in [0.5, 0.6) is 0 Å². The van der Waals surface area contributed by atoms with Gasteiger partial charge in [-0.05, 0) is 54.4 Å². The van der Waals surface area contributed by atoms with E-state index in [-0.39, 0.29) is 22.4 Å². The Balaban J connectivity index is 1.71. The summed E-state index contributed by atoms with van der Waals surface area (Å²) in [6.07, 6.45) is 0.639. The van der Waals surface area contributed by atoms with Gasteiger partial charge in [0.15, 0.2) is 0 Å². The number of sulfonamides is 1. The number of amides is 1.